The molecule has 1 aliphatic heterocycles. The first-order valence-corrected chi connectivity index (χ1v) is 9.35. The van der Waals surface area contributed by atoms with Gasteiger partial charge in [-0.05, 0) is 45.1 Å². The lowest BCUT2D eigenvalue weighted by molar-refractivity contribution is 0.0964. The molecule has 4 heteroatoms. The van der Waals surface area contributed by atoms with Gasteiger partial charge in [0.2, 0.25) is 0 Å². The fourth-order valence-electron chi connectivity index (χ4n) is 4.05. The van der Waals surface area contributed by atoms with Gasteiger partial charge in [-0.2, -0.15) is 0 Å². The monoisotopic (exact) mass is 271 g/mol. The van der Waals surface area contributed by atoms with Gasteiger partial charge < -0.3 is 8.85 Å². The van der Waals surface area contributed by atoms with Crippen molar-refractivity contribution in [3.63, 3.8) is 0 Å². The Kier molecular flexibility index (Phi) is 4.86. The summed E-state index contributed by atoms with van der Waals surface area (Å²) >= 11 is 0. The van der Waals surface area contributed by atoms with E-state index >= 15 is 0 Å². The standard InChI is InChI=1S/C14H29NO2Si/c1-12-9-10-15(13(2)11-12)18(16-3,17-4)14-7-5-6-8-14/h12-14H,5-11H2,1-4H3. The third-order valence-corrected chi connectivity index (χ3v) is 9.24. The maximum absolute atomic E-state index is 6.06. The molecule has 1 saturated heterocycles. The average Bonchev–Trinajstić information content (AvgIpc) is 2.88. The second kappa shape index (κ2) is 6.03. The van der Waals surface area contributed by atoms with E-state index in [1.165, 1.54) is 38.5 Å². The van der Waals surface area contributed by atoms with E-state index in [9.17, 15) is 0 Å². The lowest BCUT2D eigenvalue weighted by Crippen LogP contribution is -2.64. The molecule has 18 heavy (non-hydrogen) atoms. The zero-order chi connectivity index (χ0) is 13.2. The van der Waals surface area contributed by atoms with Crippen LogP contribution in [0.2, 0.25) is 5.54 Å². The van der Waals surface area contributed by atoms with E-state index in [-0.39, 0.29) is 0 Å². The second-order valence-corrected chi connectivity index (χ2v) is 9.66. The van der Waals surface area contributed by atoms with Gasteiger partial charge in [0, 0.05) is 25.8 Å². The highest BCUT2D eigenvalue weighted by Crippen LogP contribution is 2.43. The molecule has 2 unspecified atom stereocenters. The molecular formula is C14H29NO2Si. The van der Waals surface area contributed by atoms with Crippen LogP contribution in [0.15, 0.2) is 0 Å². The van der Waals surface area contributed by atoms with Gasteiger partial charge in [-0.1, -0.05) is 19.8 Å². The van der Waals surface area contributed by atoms with Crippen molar-refractivity contribution in [2.45, 2.75) is 64.0 Å². The second-order valence-electron chi connectivity index (χ2n) is 6.19. The third-order valence-electron chi connectivity index (χ3n) is 4.99. The number of rotatable bonds is 4. The Hall–Kier alpha value is 0.0969. The first-order chi connectivity index (χ1) is 8.64. The predicted molar refractivity (Wildman–Crippen MR) is 76.6 cm³/mol. The smallest absolute Gasteiger partial charge is 0.386 e. The summed E-state index contributed by atoms with van der Waals surface area (Å²) in [6.07, 6.45) is 7.88. The molecule has 0 bridgehead atoms. The summed E-state index contributed by atoms with van der Waals surface area (Å²) in [7, 11) is 1.58. The number of hydrogen-bond donors (Lipinski definition) is 0. The van der Waals surface area contributed by atoms with Crippen molar-refractivity contribution in [1.82, 2.24) is 4.57 Å². The molecule has 1 aliphatic carbocycles. The Bertz CT molecular complexity index is 265. The molecule has 0 aromatic heterocycles. The average molecular weight is 271 g/mol. The van der Waals surface area contributed by atoms with Gasteiger partial charge in [0.25, 0.3) is 0 Å². The fourth-order valence-corrected chi connectivity index (χ4v) is 8.12. The lowest BCUT2D eigenvalue weighted by atomic mass is 9.95. The highest BCUT2D eigenvalue weighted by molar-refractivity contribution is 6.66. The Morgan fingerprint density at radius 1 is 1.00 bits per heavy atom. The van der Waals surface area contributed by atoms with E-state index in [1.807, 2.05) is 14.2 Å². The molecule has 0 aromatic carbocycles. The largest absolute Gasteiger partial charge is 0.430 e. The quantitative estimate of drug-likeness (QED) is 0.732. The van der Waals surface area contributed by atoms with Gasteiger partial charge >= 0.3 is 8.72 Å². The third kappa shape index (κ3) is 2.53. The van der Waals surface area contributed by atoms with Crippen molar-refractivity contribution in [3.8, 4) is 0 Å². The molecule has 106 valence electrons. The van der Waals surface area contributed by atoms with Crippen LogP contribution in [0.4, 0.5) is 0 Å². The van der Waals surface area contributed by atoms with Gasteiger partial charge in [-0.25, -0.2) is 0 Å². The van der Waals surface area contributed by atoms with Crippen molar-refractivity contribution in [2.75, 3.05) is 20.8 Å². The van der Waals surface area contributed by atoms with Crippen LogP contribution in [-0.4, -0.2) is 40.1 Å². The van der Waals surface area contributed by atoms with Crippen LogP contribution in [0.5, 0.6) is 0 Å². The van der Waals surface area contributed by atoms with E-state index in [0.717, 1.165) is 12.5 Å². The fraction of sp³-hybridized carbons (Fsp3) is 1.00. The maximum atomic E-state index is 6.06. The molecule has 1 heterocycles. The number of hydrogen-bond acceptors (Lipinski definition) is 3. The van der Waals surface area contributed by atoms with Crippen molar-refractivity contribution in [3.05, 3.63) is 0 Å². The molecule has 3 nitrogen and oxygen atoms in total. The first kappa shape index (κ1) is 14.5. The van der Waals surface area contributed by atoms with E-state index in [0.29, 0.717) is 11.6 Å². The molecule has 0 spiro atoms. The van der Waals surface area contributed by atoms with Crippen LogP contribution in [0.25, 0.3) is 0 Å². The van der Waals surface area contributed by atoms with E-state index in [2.05, 4.69) is 18.4 Å². The molecule has 2 fully saturated rings. The van der Waals surface area contributed by atoms with Crippen LogP contribution in [0.3, 0.4) is 0 Å². The molecule has 0 amide bonds. The molecule has 0 aromatic rings. The summed E-state index contributed by atoms with van der Waals surface area (Å²) in [6.45, 7) is 5.88. The number of nitrogens with zero attached hydrogens (tertiary/aromatic N) is 1. The van der Waals surface area contributed by atoms with Gasteiger partial charge in [0.1, 0.15) is 0 Å². The Balaban J connectivity index is 2.17. The minimum Gasteiger partial charge on any atom is -0.386 e. The molecular weight excluding hydrogens is 242 g/mol. The molecule has 0 radical (unpaired) electrons. The van der Waals surface area contributed by atoms with Crippen LogP contribution in [0, 0.1) is 5.92 Å². The minimum atomic E-state index is -2.17. The van der Waals surface area contributed by atoms with Crippen LogP contribution in [-0.2, 0) is 8.85 Å². The van der Waals surface area contributed by atoms with E-state index < -0.39 is 8.72 Å². The Labute approximate surface area is 113 Å². The summed E-state index contributed by atoms with van der Waals surface area (Å²) in [6, 6.07) is 0.612. The molecule has 2 rings (SSSR count). The van der Waals surface area contributed by atoms with Crippen LogP contribution in [0.1, 0.15) is 52.4 Å². The van der Waals surface area contributed by atoms with Crippen LogP contribution >= 0.6 is 0 Å². The zero-order valence-corrected chi connectivity index (χ0v) is 13.4. The molecule has 2 aliphatic rings. The van der Waals surface area contributed by atoms with Crippen molar-refractivity contribution < 1.29 is 8.85 Å². The summed E-state index contributed by atoms with van der Waals surface area (Å²) in [5.74, 6) is 0.847. The zero-order valence-electron chi connectivity index (χ0n) is 12.4. The van der Waals surface area contributed by atoms with Gasteiger partial charge in [0.05, 0.1) is 0 Å². The minimum absolute atomic E-state index is 0.612. The molecule has 0 N–H and O–H groups in total. The Morgan fingerprint density at radius 2 is 1.61 bits per heavy atom. The summed E-state index contributed by atoms with van der Waals surface area (Å²) in [5, 5.41) is 0. The lowest BCUT2D eigenvalue weighted by Gasteiger charge is -2.48. The van der Waals surface area contributed by atoms with Crippen molar-refractivity contribution in [1.29, 1.82) is 0 Å². The van der Waals surface area contributed by atoms with Gasteiger partial charge in [-0.3, -0.25) is 4.57 Å². The van der Waals surface area contributed by atoms with Crippen molar-refractivity contribution in [2.24, 2.45) is 5.92 Å². The van der Waals surface area contributed by atoms with Gasteiger partial charge in [-0.15, -0.1) is 0 Å². The van der Waals surface area contributed by atoms with Crippen molar-refractivity contribution >= 4 is 8.72 Å². The van der Waals surface area contributed by atoms with Gasteiger partial charge in [0.15, 0.2) is 0 Å². The first-order valence-electron chi connectivity index (χ1n) is 7.51. The molecule has 2 atom stereocenters. The summed E-state index contributed by atoms with van der Waals surface area (Å²) in [4.78, 5) is 0. The summed E-state index contributed by atoms with van der Waals surface area (Å²) in [5.41, 5.74) is 0.670. The van der Waals surface area contributed by atoms with Crippen LogP contribution < -0.4 is 0 Å². The van der Waals surface area contributed by atoms with E-state index in [4.69, 9.17) is 8.85 Å². The Morgan fingerprint density at radius 3 is 2.11 bits per heavy atom. The highest BCUT2D eigenvalue weighted by Gasteiger charge is 2.53. The topological polar surface area (TPSA) is 21.7 Å². The highest BCUT2D eigenvalue weighted by atomic mass is 28.4. The predicted octanol–water partition coefficient (Wildman–Crippen LogP) is 3.28. The SMILES string of the molecule is CO[Si](OC)(C1CCCC1)N1CCC(C)CC1C. The van der Waals surface area contributed by atoms with E-state index in [1.54, 1.807) is 0 Å². The normalized spacial score (nSPS) is 32.0. The summed E-state index contributed by atoms with van der Waals surface area (Å²) < 4.78 is 14.7. The molecule has 1 saturated carbocycles. The maximum Gasteiger partial charge on any atom is 0.430 e. The number of piperidine rings is 1.